The van der Waals surface area contributed by atoms with Gasteiger partial charge in [-0.05, 0) is 85.8 Å². The predicted octanol–water partition coefficient (Wildman–Crippen LogP) is 7.12. The molecule has 0 spiro atoms. The normalized spacial score (nSPS) is 14.7. The van der Waals surface area contributed by atoms with Gasteiger partial charge in [0.15, 0.2) is 0 Å². The van der Waals surface area contributed by atoms with Crippen molar-refractivity contribution in [1.82, 2.24) is 9.80 Å². The third kappa shape index (κ3) is 7.71. The Balaban J connectivity index is 1.52. The third-order valence-electron chi connectivity index (χ3n) is 7.98. The lowest BCUT2D eigenvalue weighted by Crippen LogP contribution is -2.39. The zero-order chi connectivity index (χ0) is 30.9. The highest BCUT2D eigenvalue weighted by molar-refractivity contribution is 6.07. The maximum atomic E-state index is 14.1. The maximum absolute atomic E-state index is 14.1. The van der Waals surface area contributed by atoms with Gasteiger partial charge in [0.1, 0.15) is 11.6 Å². The van der Waals surface area contributed by atoms with Crippen LogP contribution in [0.25, 0.3) is 0 Å². The summed E-state index contributed by atoms with van der Waals surface area (Å²) < 4.78 is 19.5. The first kappa shape index (κ1) is 31.0. The Morgan fingerprint density at radius 1 is 0.773 bits per heavy atom. The van der Waals surface area contributed by atoms with Crippen molar-refractivity contribution < 1.29 is 18.7 Å². The lowest BCUT2D eigenvalue weighted by atomic mass is 10.0. The molecule has 0 bridgehead atoms. The van der Waals surface area contributed by atoms with Gasteiger partial charge in [0, 0.05) is 50.4 Å². The SMILES string of the molecule is CCOc1cccc(C(=O)N2CCCN(Cc3ccccc3)CCCN(C(=O)c3ccc(F)cc3)c3c(C)cccc3C2)c1. The van der Waals surface area contributed by atoms with Crippen LogP contribution in [0.15, 0.2) is 97.1 Å². The second-order valence-electron chi connectivity index (χ2n) is 11.2. The summed E-state index contributed by atoms with van der Waals surface area (Å²) in [6.07, 6.45) is 1.57. The van der Waals surface area contributed by atoms with Gasteiger partial charge < -0.3 is 14.5 Å². The van der Waals surface area contributed by atoms with Crippen LogP contribution >= 0.6 is 0 Å². The van der Waals surface area contributed by atoms with Crippen molar-refractivity contribution in [3.8, 4) is 5.75 Å². The van der Waals surface area contributed by atoms with Crippen molar-refractivity contribution in [2.75, 3.05) is 37.7 Å². The number of nitrogens with zero attached hydrogens (tertiary/aromatic N) is 3. The van der Waals surface area contributed by atoms with Gasteiger partial charge in [-0.15, -0.1) is 0 Å². The van der Waals surface area contributed by atoms with Gasteiger partial charge in [0.2, 0.25) is 0 Å². The summed E-state index contributed by atoms with van der Waals surface area (Å²) in [7, 11) is 0. The molecule has 6 nitrogen and oxygen atoms in total. The van der Waals surface area contributed by atoms with E-state index in [1.807, 2.05) is 78.2 Å². The average molecular weight is 594 g/mol. The fourth-order valence-electron chi connectivity index (χ4n) is 5.87. The topological polar surface area (TPSA) is 53.1 Å². The average Bonchev–Trinajstić information content (AvgIpc) is 3.03. The summed E-state index contributed by atoms with van der Waals surface area (Å²) in [5, 5.41) is 0. The third-order valence-corrected chi connectivity index (χ3v) is 7.98. The number of aryl methyl sites for hydroxylation is 1. The number of para-hydroxylation sites is 1. The number of hydrogen-bond acceptors (Lipinski definition) is 4. The van der Waals surface area contributed by atoms with Crippen LogP contribution in [0.4, 0.5) is 10.1 Å². The molecule has 0 radical (unpaired) electrons. The first-order valence-corrected chi connectivity index (χ1v) is 15.4. The number of carbonyl (C=O) groups excluding carboxylic acids is 2. The van der Waals surface area contributed by atoms with Gasteiger partial charge in [-0.25, -0.2) is 4.39 Å². The van der Waals surface area contributed by atoms with Crippen LogP contribution in [-0.2, 0) is 13.1 Å². The second-order valence-corrected chi connectivity index (χ2v) is 11.2. The molecule has 0 aliphatic carbocycles. The first-order chi connectivity index (χ1) is 21.4. The summed E-state index contributed by atoms with van der Waals surface area (Å²) in [6.45, 7) is 8.21. The van der Waals surface area contributed by atoms with Crippen LogP contribution in [0.1, 0.15) is 57.2 Å². The molecule has 0 saturated heterocycles. The lowest BCUT2D eigenvalue weighted by Gasteiger charge is -2.32. The van der Waals surface area contributed by atoms with E-state index in [1.165, 1.54) is 29.8 Å². The molecule has 1 aliphatic heterocycles. The number of anilines is 1. The van der Waals surface area contributed by atoms with E-state index in [0.29, 0.717) is 43.1 Å². The molecule has 0 N–H and O–H groups in total. The fraction of sp³-hybridized carbons (Fsp3) is 0.297. The quantitative estimate of drug-likeness (QED) is 0.239. The molecule has 2 amide bonds. The van der Waals surface area contributed by atoms with E-state index in [-0.39, 0.29) is 17.6 Å². The van der Waals surface area contributed by atoms with Crippen molar-refractivity contribution in [2.45, 2.75) is 39.8 Å². The molecule has 4 aromatic carbocycles. The Hall–Kier alpha value is -4.49. The molecule has 1 aliphatic rings. The van der Waals surface area contributed by atoms with Crippen LogP contribution < -0.4 is 9.64 Å². The molecule has 5 rings (SSSR count). The number of halogens is 1. The molecule has 228 valence electrons. The standard InChI is InChI=1S/C37H40FN3O3/c1-3-44-34-16-8-14-31(25-34)36(42)40-23-9-21-39(26-29-12-5-4-6-13-29)22-10-24-41(35-28(2)11-7-15-32(35)27-40)37(43)30-17-19-33(38)20-18-30/h4-8,11-20,25H,3,9-10,21-24,26-27H2,1-2H3. The zero-order valence-electron chi connectivity index (χ0n) is 25.5. The van der Waals surface area contributed by atoms with E-state index in [4.69, 9.17) is 4.74 Å². The van der Waals surface area contributed by atoms with E-state index >= 15 is 0 Å². The number of fused-ring (bicyclic) bond motifs is 1. The number of carbonyl (C=O) groups is 2. The number of ether oxygens (including phenoxy) is 1. The summed E-state index contributed by atoms with van der Waals surface area (Å²) in [5.41, 5.74) is 4.86. The minimum absolute atomic E-state index is 0.0814. The van der Waals surface area contributed by atoms with Gasteiger partial charge in [0.25, 0.3) is 11.8 Å². The molecule has 0 saturated carbocycles. The van der Waals surface area contributed by atoms with E-state index < -0.39 is 0 Å². The van der Waals surface area contributed by atoms with Gasteiger partial charge >= 0.3 is 0 Å². The smallest absolute Gasteiger partial charge is 0.258 e. The minimum Gasteiger partial charge on any atom is -0.494 e. The van der Waals surface area contributed by atoms with Crippen LogP contribution in [0.3, 0.4) is 0 Å². The van der Waals surface area contributed by atoms with Crippen LogP contribution in [0, 0.1) is 12.7 Å². The monoisotopic (exact) mass is 593 g/mol. The Morgan fingerprint density at radius 3 is 2.25 bits per heavy atom. The molecule has 0 aromatic heterocycles. The largest absolute Gasteiger partial charge is 0.494 e. The fourth-order valence-corrected chi connectivity index (χ4v) is 5.87. The highest BCUT2D eigenvalue weighted by atomic mass is 19.1. The van der Waals surface area contributed by atoms with Crippen molar-refractivity contribution in [1.29, 1.82) is 0 Å². The minimum atomic E-state index is -0.383. The van der Waals surface area contributed by atoms with E-state index in [9.17, 15) is 14.0 Å². The van der Waals surface area contributed by atoms with E-state index in [2.05, 4.69) is 17.0 Å². The highest BCUT2D eigenvalue weighted by Crippen LogP contribution is 2.30. The Kier molecular flexibility index (Phi) is 10.4. The summed E-state index contributed by atoms with van der Waals surface area (Å²) >= 11 is 0. The summed E-state index contributed by atoms with van der Waals surface area (Å²) in [4.78, 5) is 34.2. The molecule has 0 fully saturated rings. The molecule has 1 heterocycles. The zero-order valence-corrected chi connectivity index (χ0v) is 25.5. The van der Waals surface area contributed by atoms with Crippen molar-refractivity contribution >= 4 is 17.5 Å². The number of amides is 2. The van der Waals surface area contributed by atoms with Gasteiger partial charge in [-0.2, -0.15) is 0 Å². The Labute approximate surface area is 259 Å². The first-order valence-electron chi connectivity index (χ1n) is 15.4. The second kappa shape index (κ2) is 14.8. The van der Waals surface area contributed by atoms with Gasteiger partial charge in [0.05, 0.1) is 12.3 Å². The Bertz CT molecular complexity index is 1560. The van der Waals surface area contributed by atoms with E-state index in [0.717, 1.165) is 49.3 Å². The number of benzene rings is 4. The maximum Gasteiger partial charge on any atom is 0.258 e. The van der Waals surface area contributed by atoms with Crippen LogP contribution in [0.2, 0.25) is 0 Å². The molecule has 0 atom stereocenters. The molecule has 7 heteroatoms. The van der Waals surface area contributed by atoms with Crippen molar-refractivity contribution in [3.05, 3.63) is 131 Å². The molecular formula is C37H40FN3O3. The summed E-state index contributed by atoms with van der Waals surface area (Å²) in [5.74, 6) is 0.0107. The predicted molar refractivity (Wildman–Crippen MR) is 173 cm³/mol. The molecular weight excluding hydrogens is 553 g/mol. The van der Waals surface area contributed by atoms with Gasteiger partial charge in [-0.1, -0.05) is 54.6 Å². The van der Waals surface area contributed by atoms with Gasteiger partial charge in [-0.3, -0.25) is 14.5 Å². The van der Waals surface area contributed by atoms with Crippen LogP contribution in [0.5, 0.6) is 5.75 Å². The molecule has 4 aromatic rings. The van der Waals surface area contributed by atoms with Crippen molar-refractivity contribution in [2.24, 2.45) is 0 Å². The lowest BCUT2D eigenvalue weighted by molar-refractivity contribution is 0.0733. The highest BCUT2D eigenvalue weighted by Gasteiger charge is 2.26. The van der Waals surface area contributed by atoms with Crippen molar-refractivity contribution in [3.63, 3.8) is 0 Å². The van der Waals surface area contributed by atoms with Crippen LogP contribution in [-0.4, -0.2) is 54.4 Å². The molecule has 44 heavy (non-hydrogen) atoms. The Morgan fingerprint density at radius 2 is 1.50 bits per heavy atom. The van der Waals surface area contributed by atoms with E-state index in [1.54, 1.807) is 6.07 Å². The number of rotatable bonds is 6. The molecule has 0 unspecified atom stereocenters. The number of hydrogen-bond donors (Lipinski definition) is 0. The summed E-state index contributed by atoms with van der Waals surface area (Å²) in [6, 6.07) is 29.4.